The van der Waals surface area contributed by atoms with Gasteiger partial charge in [0.05, 0.1) is 11.4 Å². The molecule has 1 atom stereocenters. The first kappa shape index (κ1) is 18.9. The second-order valence-corrected chi connectivity index (χ2v) is 7.40. The number of carbonyl (C=O) groups excluding carboxylic acids is 1. The average molecular weight is 389 g/mol. The molecular weight excluding hydrogens is 366 g/mol. The zero-order chi connectivity index (χ0) is 20.5. The molecule has 0 saturated heterocycles. The Bertz CT molecular complexity index is 1110. The molecule has 1 aliphatic heterocycles. The highest BCUT2D eigenvalue weighted by molar-refractivity contribution is 5.96. The summed E-state index contributed by atoms with van der Waals surface area (Å²) >= 11 is 0. The number of hydrogen-bond donors (Lipinski definition) is 1. The molecule has 0 saturated carbocycles. The van der Waals surface area contributed by atoms with Crippen molar-refractivity contribution in [1.82, 2.24) is 9.55 Å². The predicted molar refractivity (Wildman–Crippen MR) is 112 cm³/mol. The van der Waals surface area contributed by atoms with Crippen LogP contribution in [0, 0.1) is 6.92 Å². The van der Waals surface area contributed by atoms with Crippen LogP contribution in [-0.4, -0.2) is 15.5 Å². The summed E-state index contributed by atoms with van der Waals surface area (Å²) in [4.78, 5) is 28.4. The summed E-state index contributed by atoms with van der Waals surface area (Å²) in [7, 11) is 1.75. The molecule has 6 heteroatoms. The standard InChI is InChI=1S/C23H23N3O3/c1-14-10-18(13-26(3)23(14)28)17-11-16-7-8-21(27)25-22(16)20(12-17)29-15(2)19-6-4-5-9-24-19/h4-6,9-13,15H,7-8H2,1-3H3,(H,25,27). The van der Waals surface area contributed by atoms with E-state index in [-0.39, 0.29) is 17.6 Å². The fraction of sp³-hybridized carbons (Fsp3) is 0.261. The second-order valence-electron chi connectivity index (χ2n) is 7.40. The van der Waals surface area contributed by atoms with E-state index in [1.54, 1.807) is 17.8 Å². The van der Waals surface area contributed by atoms with Crippen molar-refractivity contribution >= 4 is 11.6 Å². The minimum atomic E-state index is -0.281. The molecule has 4 rings (SSSR count). The first-order chi connectivity index (χ1) is 13.9. The number of ether oxygens (including phenoxy) is 1. The maximum Gasteiger partial charge on any atom is 0.253 e. The fourth-order valence-corrected chi connectivity index (χ4v) is 3.62. The Morgan fingerprint density at radius 3 is 2.69 bits per heavy atom. The van der Waals surface area contributed by atoms with E-state index in [0.29, 0.717) is 29.8 Å². The van der Waals surface area contributed by atoms with Crippen LogP contribution in [0.15, 0.2) is 53.6 Å². The third-order valence-corrected chi connectivity index (χ3v) is 5.17. The van der Waals surface area contributed by atoms with E-state index < -0.39 is 0 Å². The van der Waals surface area contributed by atoms with Gasteiger partial charge in [0.25, 0.3) is 5.56 Å². The Balaban J connectivity index is 1.80. The van der Waals surface area contributed by atoms with Gasteiger partial charge in [0.2, 0.25) is 5.91 Å². The summed E-state index contributed by atoms with van der Waals surface area (Å²) in [6.45, 7) is 3.74. The van der Waals surface area contributed by atoms with Crippen molar-refractivity contribution in [3.05, 3.63) is 76.0 Å². The number of aryl methyl sites for hydroxylation is 3. The van der Waals surface area contributed by atoms with Crippen LogP contribution in [0.2, 0.25) is 0 Å². The fourth-order valence-electron chi connectivity index (χ4n) is 3.62. The van der Waals surface area contributed by atoms with Crippen LogP contribution >= 0.6 is 0 Å². The molecule has 1 N–H and O–H groups in total. The summed E-state index contributed by atoms with van der Waals surface area (Å²) in [5.41, 5.74) is 5.10. The molecular formula is C23H23N3O3. The lowest BCUT2D eigenvalue weighted by Crippen LogP contribution is -2.21. The van der Waals surface area contributed by atoms with Crippen LogP contribution < -0.4 is 15.6 Å². The maximum absolute atomic E-state index is 12.1. The van der Waals surface area contributed by atoms with Gasteiger partial charge in [0.1, 0.15) is 11.9 Å². The van der Waals surface area contributed by atoms with Gasteiger partial charge in [-0.05, 0) is 67.3 Å². The van der Waals surface area contributed by atoms with Crippen molar-refractivity contribution in [1.29, 1.82) is 0 Å². The highest BCUT2D eigenvalue weighted by Gasteiger charge is 2.22. The molecule has 6 nitrogen and oxygen atoms in total. The minimum absolute atomic E-state index is 0.0146. The van der Waals surface area contributed by atoms with Gasteiger partial charge in [-0.1, -0.05) is 6.07 Å². The molecule has 0 aliphatic carbocycles. The van der Waals surface area contributed by atoms with E-state index in [9.17, 15) is 9.59 Å². The van der Waals surface area contributed by atoms with E-state index >= 15 is 0 Å². The predicted octanol–water partition coefficient (Wildman–Crippen LogP) is 3.78. The van der Waals surface area contributed by atoms with E-state index in [4.69, 9.17) is 4.74 Å². The van der Waals surface area contributed by atoms with Crippen molar-refractivity contribution in [3.63, 3.8) is 0 Å². The monoisotopic (exact) mass is 389 g/mol. The SMILES string of the molecule is Cc1cc(-c2cc3c(c(OC(C)c4ccccn4)c2)NC(=O)CC3)cn(C)c1=O. The number of pyridine rings is 2. The van der Waals surface area contributed by atoms with Crippen LogP contribution in [0.3, 0.4) is 0 Å². The van der Waals surface area contributed by atoms with Crippen LogP contribution in [0.1, 0.15) is 36.3 Å². The number of rotatable bonds is 4. The molecule has 0 fully saturated rings. The molecule has 0 bridgehead atoms. The van der Waals surface area contributed by atoms with E-state index in [2.05, 4.69) is 16.4 Å². The lowest BCUT2D eigenvalue weighted by atomic mass is 9.96. The molecule has 3 heterocycles. The Labute approximate surface area is 169 Å². The smallest absolute Gasteiger partial charge is 0.253 e. The Kier molecular flexibility index (Phi) is 4.92. The van der Waals surface area contributed by atoms with Gasteiger partial charge in [-0.15, -0.1) is 0 Å². The number of amides is 1. The third-order valence-electron chi connectivity index (χ3n) is 5.17. The van der Waals surface area contributed by atoms with Crippen molar-refractivity contribution < 1.29 is 9.53 Å². The van der Waals surface area contributed by atoms with Crippen molar-refractivity contribution in [2.75, 3.05) is 5.32 Å². The Morgan fingerprint density at radius 2 is 1.97 bits per heavy atom. The van der Waals surface area contributed by atoms with Gasteiger partial charge < -0.3 is 14.6 Å². The van der Waals surface area contributed by atoms with Gasteiger partial charge in [0.15, 0.2) is 0 Å². The van der Waals surface area contributed by atoms with Gasteiger partial charge in [-0.2, -0.15) is 0 Å². The van der Waals surface area contributed by atoms with Gasteiger partial charge in [0, 0.05) is 31.4 Å². The lowest BCUT2D eigenvalue weighted by molar-refractivity contribution is -0.116. The number of nitrogens with one attached hydrogen (secondary N) is 1. The molecule has 1 aliphatic rings. The van der Waals surface area contributed by atoms with Gasteiger partial charge in [-0.3, -0.25) is 14.6 Å². The Hall–Kier alpha value is -3.41. The number of anilines is 1. The first-order valence-electron chi connectivity index (χ1n) is 9.64. The minimum Gasteiger partial charge on any atom is -0.482 e. The zero-order valence-corrected chi connectivity index (χ0v) is 16.7. The molecule has 1 aromatic carbocycles. The van der Waals surface area contributed by atoms with Crippen molar-refractivity contribution in [2.24, 2.45) is 7.05 Å². The number of benzene rings is 1. The third kappa shape index (κ3) is 3.78. The van der Waals surface area contributed by atoms with Crippen LogP contribution in [0.25, 0.3) is 11.1 Å². The summed E-state index contributed by atoms with van der Waals surface area (Å²) < 4.78 is 7.83. The molecule has 0 spiro atoms. The van der Waals surface area contributed by atoms with Gasteiger partial charge >= 0.3 is 0 Å². The number of hydrogen-bond acceptors (Lipinski definition) is 4. The first-order valence-corrected chi connectivity index (χ1v) is 9.64. The summed E-state index contributed by atoms with van der Waals surface area (Å²) in [6.07, 6.45) is 4.36. The van der Waals surface area contributed by atoms with Crippen LogP contribution in [-0.2, 0) is 18.3 Å². The zero-order valence-electron chi connectivity index (χ0n) is 16.7. The summed E-state index contributed by atoms with van der Waals surface area (Å²) in [6, 6.07) is 11.6. The normalized spacial score (nSPS) is 14.1. The van der Waals surface area contributed by atoms with Crippen LogP contribution in [0.5, 0.6) is 5.75 Å². The number of carbonyl (C=O) groups is 1. The average Bonchev–Trinajstić information content (AvgIpc) is 2.72. The maximum atomic E-state index is 12.1. The van der Waals surface area contributed by atoms with E-state index in [1.807, 2.05) is 50.4 Å². The highest BCUT2D eigenvalue weighted by Crippen LogP contribution is 2.39. The quantitative estimate of drug-likeness (QED) is 0.737. The molecule has 1 amide bonds. The molecule has 2 aromatic heterocycles. The molecule has 29 heavy (non-hydrogen) atoms. The topological polar surface area (TPSA) is 73.2 Å². The lowest BCUT2D eigenvalue weighted by Gasteiger charge is -2.24. The summed E-state index contributed by atoms with van der Waals surface area (Å²) in [5.74, 6) is 0.591. The second kappa shape index (κ2) is 7.54. The number of fused-ring (bicyclic) bond motifs is 1. The highest BCUT2D eigenvalue weighted by atomic mass is 16.5. The number of nitrogens with zero attached hydrogens (tertiary/aromatic N) is 2. The molecule has 0 radical (unpaired) electrons. The van der Waals surface area contributed by atoms with Crippen molar-refractivity contribution in [2.45, 2.75) is 32.8 Å². The van der Waals surface area contributed by atoms with E-state index in [0.717, 1.165) is 22.4 Å². The van der Waals surface area contributed by atoms with Gasteiger partial charge in [-0.25, -0.2) is 0 Å². The molecule has 1 unspecified atom stereocenters. The molecule has 148 valence electrons. The summed E-state index contributed by atoms with van der Waals surface area (Å²) in [5, 5.41) is 2.96. The largest absolute Gasteiger partial charge is 0.482 e. The van der Waals surface area contributed by atoms with E-state index in [1.165, 1.54) is 0 Å². The van der Waals surface area contributed by atoms with Crippen LogP contribution in [0.4, 0.5) is 5.69 Å². The molecule has 3 aromatic rings. The Morgan fingerprint density at radius 1 is 1.14 bits per heavy atom. The number of aromatic nitrogens is 2. The van der Waals surface area contributed by atoms with Crippen molar-refractivity contribution in [3.8, 4) is 16.9 Å².